The molecule has 2 rings (SSSR count). The number of carboxylic acid groups (broad SMARTS) is 1. The minimum atomic E-state index is -1.01. The number of urea groups is 1. The first-order valence-corrected chi connectivity index (χ1v) is 8.53. The van der Waals surface area contributed by atoms with Crippen molar-refractivity contribution in [1.29, 1.82) is 0 Å². The number of carbonyl (C=O) groups is 3. The minimum Gasteiger partial charge on any atom is -0.480 e. The van der Waals surface area contributed by atoms with E-state index in [1.807, 2.05) is 0 Å². The summed E-state index contributed by atoms with van der Waals surface area (Å²) in [6.45, 7) is 3.99. The first kappa shape index (κ1) is 19.1. The molecule has 2 atom stereocenters. The van der Waals surface area contributed by atoms with Crippen molar-refractivity contribution in [3.8, 4) is 0 Å². The third-order valence-corrected chi connectivity index (χ3v) is 4.39. The average Bonchev–Trinajstić information content (AvgIpc) is 3.04. The Labute approximate surface area is 151 Å². The number of halogens is 1. The molecule has 1 aromatic carbocycles. The van der Waals surface area contributed by atoms with Crippen LogP contribution in [0.3, 0.4) is 0 Å². The molecular formula is C17H22ClN3O4. The number of nitrogens with zero attached hydrogens (tertiary/aromatic N) is 1. The summed E-state index contributed by atoms with van der Waals surface area (Å²) in [6.07, 6.45) is 1.08. The second-order valence-electron chi connectivity index (χ2n) is 6.35. The van der Waals surface area contributed by atoms with Crippen LogP contribution in [0.15, 0.2) is 24.3 Å². The molecule has 1 aromatic rings. The number of aliphatic carboxylic acids is 1. The lowest BCUT2D eigenvalue weighted by molar-refractivity contribution is -0.149. The van der Waals surface area contributed by atoms with Gasteiger partial charge in [-0.05, 0) is 43.0 Å². The Balaban J connectivity index is 2.04. The predicted octanol–water partition coefficient (Wildman–Crippen LogP) is 2.56. The number of benzene rings is 1. The lowest BCUT2D eigenvalue weighted by atomic mass is 10.0. The molecule has 0 bridgehead atoms. The van der Waals surface area contributed by atoms with Gasteiger partial charge in [0.1, 0.15) is 12.1 Å². The molecule has 0 aliphatic carbocycles. The van der Waals surface area contributed by atoms with Gasteiger partial charge in [-0.2, -0.15) is 0 Å². The quantitative estimate of drug-likeness (QED) is 0.744. The number of hydrogen-bond acceptors (Lipinski definition) is 3. The van der Waals surface area contributed by atoms with Crippen LogP contribution in [0.25, 0.3) is 0 Å². The maximum atomic E-state index is 12.7. The molecular weight excluding hydrogens is 346 g/mol. The van der Waals surface area contributed by atoms with Crippen LogP contribution >= 0.6 is 11.6 Å². The Hall–Kier alpha value is -2.28. The zero-order valence-corrected chi connectivity index (χ0v) is 14.9. The van der Waals surface area contributed by atoms with Crippen molar-refractivity contribution < 1.29 is 19.5 Å². The van der Waals surface area contributed by atoms with Crippen LogP contribution in [0.1, 0.15) is 26.7 Å². The Morgan fingerprint density at radius 3 is 2.44 bits per heavy atom. The second kappa shape index (κ2) is 8.20. The lowest BCUT2D eigenvalue weighted by Crippen LogP contribution is -2.54. The first-order valence-electron chi connectivity index (χ1n) is 8.16. The number of nitrogens with one attached hydrogen (secondary N) is 2. The number of carboxylic acids is 1. The van der Waals surface area contributed by atoms with E-state index in [1.165, 1.54) is 4.90 Å². The highest BCUT2D eigenvalue weighted by atomic mass is 35.5. The largest absolute Gasteiger partial charge is 0.480 e. The van der Waals surface area contributed by atoms with E-state index in [1.54, 1.807) is 38.1 Å². The van der Waals surface area contributed by atoms with Gasteiger partial charge >= 0.3 is 12.0 Å². The Kier molecular flexibility index (Phi) is 6.25. The summed E-state index contributed by atoms with van der Waals surface area (Å²) < 4.78 is 0. The highest BCUT2D eigenvalue weighted by Crippen LogP contribution is 2.20. The van der Waals surface area contributed by atoms with E-state index in [0.717, 1.165) is 0 Å². The van der Waals surface area contributed by atoms with Crippen molar-refractivity contribution >= 4 is 35.2 Å². The average molecular weight is 368 g/mol. The van der Waals surface area contributed by atoms with Gasteiger partial charge in [-0.3, -0.25) is 4.79 Å². The number of likely N-dealkylation sites (tertiary alicyclic amines) is 1. The van der Waals surface area contributed by atoms with Crippen molar-refractivity contribution in [3.63, 3.8) is 0 Å². The molecule has 0 aromatic heterocycles. The molecule has 8 heteroatoms. The van der Waals surface area contributed by atoms with Crippen molar-refractivity contribution in [3.05, 3.63) is 29.3 Å². The molecule has 0 radical (unpaired) electrons. The number of anilines is 1. The standard InChI is InChI=1S/C17H22ClN3O4/c1-10(2)14(15(22)21-9-3-4-13(21)16(23)24)20-17(25)19-12-7-5-11(18)6-8-12/h5-8,10,13-14H,3-4,9H2,1-2H3,(H,23,24)(H2,19,20,25)/t13-,14-/m0/s1. The first-order chi connectivity index (χ1) is 11.8. The molecule has 136 valence electrons. The van der Waals surface area contributed by atoms with Crippen molar-refractivity contribution in [1.82, 2.24) is 10.2 Å². The van der Waals surface area contributed by atoms with Gasteiger partial charge in [0.25, 0.3) is 0 Å². The fourth-order valence-corrected chi connectivity index (χ4v) is 2.95. The van der Waals surface area contributed by atoms with Gasteiger partial charge in [0.05, 0.1) is 0 Å². The fourth-order valence-electron chi connectivity index (χ4n) is 2.82. The topological polar surface area (TPSA) is 98.7 Å². The van der Waals surface area contributed by atoms with Gasteiger partial charge in [-0.25, -0.2) is 9.59 Å². The smallest absolute Gasteiger partial charge is 0.326 e. The van der Waals surface area contributed by atoms with Gasteiger partial charge in [0.15, 0.2) is 0 Å². The third-order valence-electron chi connectivity index (χ3n) is 4.14. The summed E-state index contributed by atoms with van der Waals surface area (Å²) in [5, 5.41) is 15.1. The number of amides is 3. The molecule has 0 unspecified atom stereocenters. The van der Waals surface area contributed by atoms with Gasteiger partial charge < -0.3 is 20.6 Å². The Morgan fingerprint density at radius 1 is 1.24 bits per heavy atom. The molecule has 0 saturated carbocycles. The van der Waals surface area contributed by atoms with Crippen LogP contribution in [-0.4, -0.2) is 46.5 Å². The number of rotatable bonds is 5. The Morgan fingerprint density at radius 2 is 1.88 bits per heavy atom. The molecule has 1 aliphatic rings. The molecule has 1 fully saturated rings. The Bertz CT molecular complexity index is 648. The van der Waals surface area contributed by atoms with Crippen LogP contribution in [0.4, 0.5) is 10.5 Å². The summed E-state index contributed by atoms with van der Waals surface area (Å²) >= 11 is 5.80. The number of hydrogen-bond donors (Lipinski definition) is 3. The number of carbonyl (C=O) groups excluding carboxylic acids is 2. The van der Waals surface area contributed by atoms with E-state index >= 15 is 0 Å². The van der Waals surface area contributed by atoms with E-state index < -0.39 is 24.1 Å². The van der Waals surface area contributed by atoms with Crippen molar-refractivity contribution in [2.45, 2.75) is 38.8 Å². The molecule has 1 aliphatic heterocycles. The van der Waals surface area contributed by atoms with E-state index in [9.17, 15) is 19.5 Å². The van der Waals surface area contributed by atoms with Gasteiger partial charge in [0.2, 0.25) is 5.91 Å². The third kappa shape index (κ3) is 4.85. The van der Waals surface area contributed by atoms with E-state index in [4.69, 9.17) is 11.6 Å². The summed E-state index contributed by atoms with van der Waals surface area (Å²) in [7, 11) is 0. The monoisotopic (exact) mass is 367 g/mol. The van der Waals surface area contributed by atoms with E-state index in [-0.39, 0.29) is 11.8 Å². The molecule has 0 spiro atoms. The normalized spacial score (nSPS) is 18.1. The lowest BCUT2D eigenvalue weighted by Gasteiger charge is -2.29. The SMILES string of the molecule is CC(C)[C@H](NC(=O)Nc1ccc(Cl)cc1)C(=O)N1CCC[C@H]1C(=O)O. The molecule has 25 heavy (non-hydrogen) atoms. The van der Waals surface area contributed by atoms with Crippen LogP contribution in [0, 0.1) is 5.92 Å². The zero-order chi connectivity index (χ0) is 18.6. The summed E-state index contributed by atoms with van der Waals surface area (Å²) in [6, 6.07) is 4.43. The van der Waals surface area contributed by atoms with E-state index in [2.05, 4.69) is 10.6 Å². The highest BCUT2D eigenvalue weighted by Gasteiger charge is 2.38. The maximum Gasteiger partial charge on any atom is 0.326 e. The molecule has 3 N–H and O–H groups in total. The van der Waals surface area contributed by atoms with Gasteiger partial charge in [-0.15, -0.1) is 0 Å². The van der Waals surface area contributed by atoms with Crippen LogP contribution in [0.5, 0.6) is 0 Å². The van der Waals surface area contributed by atoms with Crippen LogP contribution in [-0.2, 0) is 9.59 Å². The summed E-state index contributed by atoms with van der Waals surface area (Å²) in [4.78, 5) is 37.6. The minimum absolute atomic E-state index is 0.182. The maximum absolute atomic E-state index is 12.7. The summed E-state index contributed by atoms with van der Waals surface area (Å²) in [5.74, 6) is -1.57. The molecule has 3 amide bonds. The predicted molar refractivity (Wildman–Crippen MR) is 94.6 cm³/mol. The fraction of sp³-hybridized carbons (Fsp3) is 0.471. The molecule has 1 heterocycles. The summed E-state index contributed by atoms with van der Waals surface area (Å²) in [5.41, 5.74) is 0.543. The van der Waals surface area contributed by atoms with Gasteiger partial charge in [-0.1, -0.05) is 25.4 Å². The second-order valence-corrected chi connectivity index (χ2v) is 6.79. The van der Waals surface area contributed by atoms with Crippen LogP contribution in [0.2, 0.25) is 5.02 Å². The highest BCUT2D eigenvalue weighted by molar-refractivity contribution is 6.30. The van der Waals surface area contributed by atoms with Crippen molar-refractivity contribution in [2.75, 3.05) is 11.9 Å². The van der Waals surface area contributed by atoms with Gasteiger partial charge in [0, 0.05) is 17.3 Å². The molecule has 7 nitrogen and oxygen atoms in total. The zero-order valence-electron chi connectivity index (χ0n) is 14.2. The molecule has 1 saturated heterocycles. The van der Waals surface area contributed by atoms with Crippen LogP contribution < -0.4 is 10.6 Å². The van der Waals surface area contributed by atoms with Crippen molar-refractivity contribution in [2.24, 2.45) is 5.92 Å². The van der Waals surface area contributed by atoms with E-state index in [0.29, 0.717) is 30.1 Å².